The number of rotatable bonds is 10. The van der Waals surface area contributed by atoms with Gasteiger partial charge in [0.1, 0.15) is 17.1 Å². The number of imide groups is 2. The summed E-state index contributed by atoms with van der Waals surface area (Å²) in [5.41, 5.74) is 2.91. The minimum Gasteiger partial charge on any atom is -0.494 e. The van der Waals surface area contributed by atoms with E-state index in [9.17, 15) is 14.4 Å². The Bertz CT molecular complexity index is 1520. The predicted molar refractivity (Wildman–Crippen MR) is 148 cm³/mol. The summed E-state index contributed by atoms with van der Waals surface area (Å²) >= 11 is 0. The monoisotopic (exact) mass is 525 g/mol. The molecule has 0 aliphatic carbocycles. The summed E-state index contributed by atoms with van der Waals surface area (Å²) in [5.74, 6) is 0.438. The van der Waals surface area contributed by atoms with Gasteiger partial charge in [0, 0.05) is 29.2 Å². The largest absolute Gasteiger partial charge is 0.494 e. The topological polar surface area (TPSA) is 93.8 Å². The van der Waals surface area contributed by atoms with Gasteiger partial charge in [0.2, 0.25) is 0 Å². The molecule has 1 unspecified atom stereocenters. The van der Waals surface area contributed by atoms with Gasteiger partial charge in [-0.2, -0.15) is 0 Å². The molecule has 8 heteroatoms. The van der Waals surface area contributed by atoms with E-state index in [2.05, 4.69) is 35.9 Å². The van der Waals surface area contributed by atoms with Crippen LogP contribution >= 0.6 is 0 Å². The average molecular weight is 526 g/mol. The van der Waals surface area contributed by atoms with Crippen molar-refractivity contribution in [2.24, 2.45) is 0 Å². The number of amides is 4. The first-order valence-corrected chi connectivity index (χ1v) is 13.2. The lowest BCUT2D eigenvalue weighted by molar-refractivity contribution is -0.130. The average Bonchev–Trinajstić information content (AvgIpc) is 3.59. The molecular formula is C31H31N3O5. The minimum atomic E-state index is -0.768. The van der Waals surface area contributed by atoms with Crippen molar-refractivity contribution in [3.05, 3.63) is 95.6 Å². The molecule has 0 spiro atoms. The number of aromatic nitrogens is 1. The molecule has 4 amide bonds. The Kier molecular flexibility index (Phi) is 7.63. The number of carbonyl (C=O) groups is 3. The fourth-order valence-electron chi connectivity index (χ4n) is 4.68. The van der Waals surface area contributed by atoms with Crippen molar-refractivity contribution in [2.45, 2.75) is 45.7 Å². The molecule has 3 heterocycles. The van der Waals surface area contributed by atoms with Gasteiger partial charge < -0.3 is 13.7 Å². The molecule has 1 saturated heterocycles. The van der Waals surface area contributed by atoms with Crippen molar-refractivity contribution in [2.75, 3.05) is 6.61 Å². The van der Waals surface area contributed by atoms with Gasteiger partial charge in [0.25, 0.3) is 11.8 Å². The first-order chi connectivity index (χ1) is 18.9. The molecule has 4 aromatic rings. The van der Waals surface area contributed by atoms with Crippen molar-refractivity contribution in [1.82, 2.24) is 14.8 Å². The number of furan rings is 1. The first-order valence-electron chi connectivity index (χ1n) is 13.2. The lowest BCUT2D eigenvalue weighted by atomic mass is 9.99. The molecular weight excluding hydrogens is 494 g/mol. The number of fused-ring (bicyclic) bond motifs is 1. The molecule has 1 atom stereocenters. The summed E-state index contributed by atoms with van der Waals surface area (Å²) in [5, 5.41) is 3.17. The first kappa shape index (κ1) is 26.0. The van der Waals surface area contributed by atoms with Crippen LogP contribution in [0.25, 0.3) is 17.0 Å². The molecule has 2 aromatic heterocycles. The van der Waals surface area contributed by atoms with E-state index in [1.165, 1.54) is 11.8 Å². The number of hydrogen-bond donors (Lipinski definition) is 1. The maximum absolute atomic E-state index is 13.2. The zero-order chi connectivity index (χ0) is 27.4. The van der Waals surface area contributed by atoms with Gasteiger partial charge in [0.15, 0.2) is 0 Å². The van der Waals surface area contributed by atoms with E-state index < -0.39 is 17.8 Å². The highest BCUT2D eigenvalue weighted by Gasteiger charge is 2.36. The highest BCUT2D eigenvalue weighted by atomic mass is 16.5. The van der Waals surface area contributed by atoms with Crippen LogP contribution in [0.4, 0.5) is 4.79 Å². The van der Waals surface area contributed by atoms with E-state index in [1.807, 2.05) is 42.6 Å². The molecule has 1 aliphatic heterocycles. The predicted octanol–water partition coefficient (Wildman–Crippen LogP) is 5.88. The van der Waals surface area contributed by atoms with Gasteiger partial charge in [-0.1, -0.05) is 44.2 Å². The van der Waals surface area contributed by atoms with E-state index in [1.54, 1.807) is 18.2 Å². The fraction of sp³-hybridized carbons (Fsp3) is 0.258. The second kappa shape index (κ2) is 11.4. The Morgan fingerprint density at radius 1 is 1.03 bits per heavy atom. The number of aryl methyl sites for hydroxylation is 1. The molecule has 2 aromatic carbocycles. The molecule has 0 bridgehead atoms. The Morgan fingerprint density at radius 2 is 1.82 bits per heavy atom. The van der Waals surface area contributed by atoms with Crippen LogP contribution in [0.2, 0.25) is 0 Å². The number of urea groups is 1. The van der Waals surface area contributed by atoms with Gasteiger partial charge in [-0.3, -0.25) is 19.8 Å². The van der Waals surface area contributed by atoms with Crippen molar-refractivity contribution >= 4 is 34.8 Å². The number of carbonyl (C=O) groups excluding carboxylic acids is 3. The van der Waals surface area contributed by atoms with E-state index in [0.717, 1.165) is 40.0 Å². The number of nitrogens with zero attached hydrogens (tertiary/aromatic N) is 2. The van der Waals surface area contributed by atoms with Crippen LogP contribution in [0.3, 0.4) is 0 Å². The van der Waals surface area contributed by atoms with Crippen LogP contribution in [-0.4, -0.2) is 33.9 Å². The maximum Gasteiger partial charge on any atom is 0.331 e. The summed E-state index contributed by atoms with van der Waals surface area (Å²) in [6, 6.07) is 18.7. The molecule has 5 rings (SSSR count). The van der Waals surface area contributed by atoms with Crippen LogP contribution in [0.5, 0.6) is 5.75 Å². The van der Waals surface area contributed by atoms with Crippen LogP contribution in [0, 0.1) is 0 Å². The number of para-hydroxylation sites is 1. The second-order valence-corrected chi connectivity index (χ2v) is 9.66. The van der Waals surface area contributed by atoms with Crippen molar-refractivity contribution in [1.29, 1.82) is 0 Å². The standard InChI is InChI=1S/C31H31N3O5/c1-3-21(2)22-11-13-24(14-12-22)38-17-7-15-33-19-23(26-9-4-5-10-28(26)33)18-27-29(35)32-31(37)34(30(27)36)20-25-8-6-16-39-25/h4-6,8-14,16,18-19,21H,3,7,15,17,20H2,1-2H3,(H,32,35,37)/b27-18-. The van der Waals surface area contributed by atoms with Crippen molar-refractivity contribution < 1.29 is 23.5 Å². The van der Waals surface area contributed by atoms with E-state index >= 15 is 0 Å². The van der Waals surface area contributed by atoms with E-state index in [4.69, 9.17) is 9.15 Å². The highest BCUT2D eigenvalue weighted by molar-refractivity contribution is 6.31. The van der Waals surface area contributed by atoms with Crippen LogP contribution < -0.4 is 10.1 Å². The Morgan fingerprint density at radius 3 is 2.56 bits per heavy atom. The second-order valence-electron chi connectivity index (χ2n) is 9.66. The smallest absolute Gasteiger partial charge is 0.331 e. The summed E-state index contributed by atoms with van der Waals surface area (Å²) in [6.07, 6.45) is 6.81. The summed E-state index contributed by atoms with van der Waals surface area (Å²) in [4.78, 5) is 39.1. The van der Waals surface area contributed by atoms with Gasteiger partial charge in [0.05, 0.1) is 19.4 Å². The molecule has 8 nitrogen and oxygen atoms in total. The van der Waals surface area contributed by atoms with E-state index in [-0.39, 0.29) is 12.1 Å². The third-order valence-electron chi connectivity index (χ3n) is 7.07. The summed E-state index contributed by atoms with van der Waals surface area (Å²) < 4.78 is 13.3. The molecule has 200 valence electrons. The third-order valence-corrected chi connectivity index (χ3v) is 7.07. The SMILES string of the molecule is CCC(C)c1ccc(OCCCn2cc(/C=C3/C(=O)NC(=O)N(Cc4ccco4)C3=O)c3ccccc32)cc1. The minimum absolute atomic E-state index is 0.0651. The number of hydrogen-bond acceptors (Lipinski definition) is 5. The molecule has 1 fully saturated rings. The normalized spacial score (nSPS) is 15.7. The quantitative estimate of drug-likeness (QED) is 0.159. The number of ether oxygens (including phenoxy) is 1. The van der Waals surface area contributed by atoms with Gasteiger partial charge in [-0.15, -0.1) is 0 Å². The highest BCUT2D eigenvalue weighted by Crippen LogP contribution is 2.26. The Balaban J connectivity index is 1.30. The van der Waals surface area contributed by atoms with Crippen molar-refractivity contribution in [3.8, 4) is 5.75 Å². The third kappa shape index (κ3) is 5.65. The van der Waals surface area contributed by atoms with Crippen LogP contribution in [0.15, 0.2) is 83.1 Å². The Labute approximate surface area is 226 Å². The molecule has 1 aliphatic rings. The summed E-state index contributed by atoms with van der Waals surface area (Å²) in [7, 11) is 0. The number of nitrogens with one attached hydrogen (secondary N) is 1. The molecule has 0 radical (unpaired) electrons. The number of barbiturate groups is 1. The van der Waals surface area contributed by atoms with Gasteiger partial charge in [-0.05, 0) is 60.7 Å². The van der Waals surface area contributed by atoms with E-state index in [0.29, 0.717) is 24.8 Å². The molecule has 0 saturated carbocycles. The maximum atomic E-state index is 13.2. The lowest BCUT2D eigenvalue weighted by Gasteiger charge is -2.25. The number of benzene rings is 2. The van der Waals surface area contributed by atoms with Crippen LogP contribution in [-0.2, 0) is 22.7 Å². The molecule has 1 N–H and O–H groups in total. The zero-order valence-corrected chi connectivity index (χ0v) is 22.1. The lowest BCUT2D eigenvalue weighted by Crippen LogP contribution is -2.53. The summed E-state index contributed by atoms with van der Waals surface area (Å²) in [6.45, 7) is 5.58. The Hall–Kier alpha value is -4.59. The fourth-order valence-corrected chi connectivity index (χ4v) is 4.68. The van der Waals surface area contributed by atoms with Crippen LogP contribution in [0.1, 0.15) is 49.5 Å². The van der Waals surface area contributed by atoms with Gasteiger partial charge >= 0.3 is 6.03 Å². The van der Waals surface area contributed by atoms with Crippen molar-refractivity contribution in [3.63, 3.8) is 0 Å². The zero-order valence-electron chi connectivity index (χ0n) is 22.1. The molecule has 39 heavy (non-hydrogen) atoms. The van der Waals surface area contributed by atoms with Gasteiger partial charge in [-0.25, -0.2) is 4.79 Å².